The quantitative estimate of drug-likeness (QED) is 0.583. The number of carbonyl (C=O) groups is 2. The fourth-order valence-electron chi connectivity index (χ4n) is 4.41. The van der Waals surface area contributed by atoms with Crippen molar-refractivity contribution >= 4 is 29.2 Å². The molecule has 2 aliphatic rings. The second-order valence-corrected chi connectivity index (χ2v) is 8.37. The number of benzene rings is 2. The number of hydrogen-bond acceptors (Lipinski definition) is 3. The number of nitrogens with zero attached hydrogens (tertiary/aromatic N) is 2. The molecule has 6 heteroatoms. The van der Waals surface area contributed by atoms with Crippen LogP contribution in [0.3, 0.4) is 0 Å². The number of halogens is 1. The number of aliphatic carboxylic acids is 1. The van der Waals surface area contributed by atoms with Crippen LogP contribution in [0.15, 0.2) is 48.5 Å². The highest BCUT2D eigenvalue weighted by Crippen LogP contribution is 2.35. The van der Waals surface area contributed by atoms with E-state index in [2.05, 4.69) is 17.0 Å². The van der Waals surface area contributed by atoms with Gasteiger partial charge in [-0.15, -0.1) is 11.6 Å². The molecule has 29 heavy (non-hydrogen) atoms. The predicted molar refractivity (Wildman–Crippen MR) is 113 cm³/mol. The van der Waals surface area contributed by atoms with Crippen LogP contribution in [0.25, 0.3) is 0 Å². The van der Waals surface area contributed by atoms with Gasteiger partial charge in [0.25, 0.3) is 0 Å². The molecule has 0 aliphatic carbocycles. The maximum Gasteiger partial charge on any atom is 0.307 e. The van der Waals surface area contributed by atoms with Crippen LogP contribution < -0.4 is 4.90 Å². The van der Waals surface area contributed by atoms with Crippen LogP contribution in [0.4, 0.5) is 5.69 Å². The molecular formula is C23H25ClN2O3. The number of anilines is 1. The molecule has 1 fully saturated rings. The Hall–Kier alpha value is -2.37. The lowest BCUT2D eigenvalue weighted by Gasteiger charge is -2.39. The molecule has 1 saturated heterocycles. The molecule has 0 aromatic heterocycles. The van der Waals surface area contributed by atoms with Crippen molar-refractivity contribution in [2.24, 2.45) is 0 Å². The summed E-state index contributed by atoms with van der Waals surface area (Å²) in [4.78, 5) is 27.9. The first-order chi connectivity index (χ1) is 14.0. The Balaban J connectivity index is 1.41. The van der Waals surface area contributed by atoms with Crippen molar-refractivity contribution < 1.29 is 14.7 Å². The van der Waals surface area contributed by atoms with Crippen molar-refractivity contribution in [1.82, 2.24) is 4.90 Å². The fourth-order valence-corrected chi connectivity index (χ4v) is 4.79. The third kappa shape index (κ3) is 4.46. The van der Waals surface area contributed by atoms with Crippen LogP contribution in [0.1, 0.15) is 29.5 Å². The van der Waals surface area contributed by atoms with Crippen molar-refractivity contribution in [3.63, 3.8) is 0 Å². The second kappa shape index (κ2) is 8.56. The lowest BCUT2D eigenvalue weighted by molar-refractivity contribution is -0.136. The molecule has 2 aromatic rings. The number of likely N-dealkylation sites (tertiary alicyclic amines) is 1. The molecule has 1 atom stereocenters. The molecule has 1 amide bonds. The van der Waals surface area contributed by atoms with Gasteiger partial charge in [0.2, 0.25) is 5.91 Å². The fraction of sp³-hybridized carbons (Fsp3) is 0.391. The first-order valence-electron chi connectivity index (χ1n) is 10.1. The van der Waals surface area contributed by atoms with E-state index in [1.807, 2.05) is 41.3 Å². The minimum Gasteiger partial charge on any atom is -0.481 e. The number of hydrogen-bond donors (Lipinski definition) is 1. The highest BCUT2D eigenvalue weighted by Gasteiger charge is 2.36. The lowest BCUT2D eigenvalue weighted by atomic mass is 10.0. The van der Waals surface area contributed by atoms with Gasteiger partial charge >= 0.3 is 5.97 Å². The average molecular weight is 413 g/mol. The Morgan fingerprint density at radius 3 is 2.52 bits per heavy atom. The third-order valence-electron chi connectivity index (χ3n) is 5.88. The van der Waals surface area contributed by atoms with E-state index >= 15 is 0 Å². The summed E-state index contributed by atoms with van der Waals surface area (Å²) in [6.07, 6.45) is 2.91. The normalized spacial score (nSPS) is 18.7. The number of rotatable bonds is 6. The Kier molecular flexibility index (Phi) is 5.88. The molecule has 0 bridgehead atoms. The van der Waals surface area contributed by atoms with Gasteiger partial charge in [-0.05, 0) is 35.6 Å². The van der Waals surface area contributed by atoms with Crippen LogP contribution in [0.5, 0.6) is 0 Å². The summed E-state index contributed by atoms with van der Waals surface area (Å²) in [6.45, 7) is 1.69. The van der Waals surface area contributed by atoms with Gasteiger partial charge < -0.3 is 10.0 Å². The van der Waals surface area contributed by atoms with Crippen LogP contribution in [-0.2, 0) is 28.9 Å². The maximum absolute atomic E-state index is 12.7. The number of carboxylic acid groups (broad SMARTS) is 1. The molecule has 152 valence electrons. The van der Waals surface area contributed by atoms with Crippen molar-refractivity contribution in [3.05, 3.63) is 65.2 Å². The van der Waals surface area contributed by atoms with Gasteiger partial charge in [-0.3, -0.25) is 14.5 Å². The molecule has 1 N–H and O–H groups in total. The Bertz CT molecular complexity index is 894. The molecule has 4 rings (SSSR count). The third-order valence-corrected chi connectivity index (χ3v) is 6.31. The maximum atomic E-state index is 12.7. The average Bonchev–Trinajstić information content (AvgIpc) is 3.03. The summed E-state index contributed by atoms with van der Waals surface area (Å²) < 4.78 is 0. The molecule has 2 aliphatic heterocycles. The van der Waals surface area contributed by atoms with Crippen LogP contribution >= 0.6 is 11.6 Å². The highest BCUT2D eigenvalue weighted by atomic mass is 35.5. The monoisotopic (exact) mass is 412 g/mol. The topological polar surface area (TPSA) is 60.9 Å². The van der Waals surface area contributed by atoms with Crippen LogP contribution in [0, 0.1) is 0 Å². The van der Waals surface area contributed by atoms with Crippen molar-refractivity contribution in [3.8, 4) is 0 Å². The zero-order chi connectivity index (χ0) is 20.4. The summed E-state index contributed by atoms with van der Waals surface area (Å²) in [7, 11) is 0. The SMILES string of the molecule is O=C(O)Cc1ccc2c(c1)N(C1CCN(C(Cl)Cc3ccccc3)CC1)C(=O)C2. The molecule has 0 radical (unpaired) electrons. The lowest BCUT2D eigenvalue weighted by Crippen LogP contribution is -2.48. The number of amides is 1. The van der Waals surface area contributed by atoms with Gasteiger partial charge in [-0.1, -0.05) is 42.5 Å². The smallest absolute Gasteiger partial charge is 0.307 e. The van der Waals surface area contributed by atoms with Gasteiger partial charge in [0, 0.05) is 31.2 Å². The largest absolute Gasteiger partial charge is 0.481 e. The summed E-state index contributed by atoms with van der Waals surface area (Å²) in [5.41, 5.74) is 3.79. The van der Waals surface area contributed by atoms with E-state index < -0.39 is 5.97 Å². The Morgan fingerprint density at radius 2 is 1.83 bits per heavy atom. The minimum atomic E-state index is -0.860. The van der Waals surface area contributed by atoms with Gasteiger partial charge in [-0.2, -0.15) is 0 Å². The zero-order valence-electron chi connectivity index (χ0n) is 16.3. The van der Waals surface area contributed by atoms with E-state index in [1.165, 1.54) is 5.56 Å². The van der Waals surface area contributed by atoms with Gasteiger partial charge in [0.1, 0.15) is 0 Å². The van der Waals surface area contributed by atoms with Crippen LogP contribution in [0.2, 0.25) is 0 Å². The molecular weight excluding hydrogens is 388 g/mol. The Morgan fingerprint density at radius 1 is 1.10 bits per heavy atom. The first kappa shape index (κ1) is 19.9. The molecule has 0 spiro atoms. The zero-order valence-corrected chi connectivity index (χ0v) is 17.0. The number of fused-ring (bicyclic) bond motifs is 1. The number of carboxylic acids is 1. The summed E-state index contributed by atoms with van der Waals surface area (Å²) >= 11 is 6.67. The molecule has 0 saturated carbocycles. The van der Waals surface area contributed by atoms with Crippen molar-refractivity contribution in [2.45, 2.75) is 43.6 Å². The van der Waals surface area contributed by atoms with E-state index in [0.717, 1.165) is 49.2 Å². The Labute approximate surface area is 175 Å². The summed E-state index contributed by atoms with van der Waals surface area (Å²) in [5, 5.41) is 9.07. The first-order valence-corrected chi connectivity index (χ1v) is 10.5. The minimum absolute atomic E-state index is 0.0266. The van der Waals surface area contributed by atoms with Gasteiger partial charge in [0.05, 0.1) is 18.3 Å². The van der Waals surface area contributed by atoms with E-state index in [1.54, 1.807) is 0 Å². The van der Waals surface area contributed by atoms with E-state index in [0.29, 0.717) is 6.42 Å². The van der Waals surface area contributed by atoms with Gasteiger partial charge in [0.15, 0.2) is 0 Å². The predicted octanol–water partition coefficient (Wildman–Crippen LogP) is 3.47. The molecule has 2 aromatic carbocycles. The van der Waals surface area contributed by atoms with Gasteiger partial charge in [-0.25, -0.2) is 0 Å². The van der Waals surface area contributed by atoms with E-state index in [9.17, 15) is 9.59 Å². The van der Waals surface area contributed by atoms with Crippen LogP contribution in [-0.4, -0.2) is 46.5 Å². The summed E-state index contributed by atoms with van der Waals surface area (Å²) in [6, 6.07) is 16.0. The number of alkyl halides is 1. The molecule has 1 unspecified atom stereocenters. The summed E-state index contributed by atoms with van der Waals surface area (Å²) in [5.74, 6) is -0.752. The number of carbonyl (C=O) groups excluding carboxylic acids is 1. The molecule has 2 heterocycles. The highest BCUT2D eigenvalue weighted by molar-refractivity contribution is 6.20. The van der Waals surface area contributed by atoms with E-state index in [4.69, 9.17) is 16.7 Å². The van der Waals surface area contributed by atoms with Crippen molar-refractivity contribution in [1.29, 1.82) is 0 Å². The standard InChI is InChI=1S/C23H25ClN2O3/c24-21(13-16-4-2-1-3-5-16)25-10-8-19(9-11-25)26-20-12-17(14-23(28)29)6-7-18(20)15-22(26)27/h1-7,12,19,21H,8-11,13-15H2,(H,28,29). The number of piperidine rings is 1. The molecule has 5 nitrogen and oxygen atoms in total. The van der Waals surface area contributed by atoms with E-state index in [-0.39, 0.29) is 23.9 Å². The van der Waals surface area contributed by atoms with Crippen molar-refractivity contribution in [2.75, 3.05) is 18.0 Å². The second-order valence-electron chi connectivity index (χ2n) is 7.87.